The van der Waals surface area contributed by atoms with E-state index in [4.69, 9.17) is 0 Å². The molecule has 1 amide bonds. The summed E-state index contributed by atoms with van der Waals surface area (Å²) >= 11 is 3.27. The summed E-state index contributed by atoms with van der Waals surface area (Å²) in [5, 5.41) is 20.5. The number of aliphatic hydroxyl groups excluding tert-OH is 1. The number of hydrogen-bond donors (Lipinski definition) is 2. The maximum Gasteiger partial charge on any atom is 0.257 e. The molecular formula is C19H20BrNO3. The van der Waals surface area contributed by atoms with Crippen LogP contribution in [0, 0.1) is 5.92 Å². The lowest BCUT2D eigenvalue weighted by molar-refractivity contribution is 0.0460. The molecule has 1 fully saturated rings. The minimum atomic E-state index is -0.496. The summed E-state index contributed by atoms with van der Waals surface area (Å²) in [7, 11) is 0. The van der Waals surface area contributed by atoms with Crippen molar-refractivity contribution in [1.29, 1.82) is 0 Å². The van der Waals surface area contributed by atoms with Crippen LogP contribution in [0.2, 0.25) is 0 Å². The second-order valence-corrected chi connectivity index (χ2v) is 7.06. The highest BCUT2D eigenvalue weighted by Gasteiger charge is 2.29. The van der Waals surface area contributed by atoms with Gasteiger partial charge in [0.15, 0.2) is 0 Å². The second kappa shape index (κ2) is 7.36. The van der Waals surface area contributed by atoms with Crippen molar-refractivity contribution in [3.8, 4) is 5.75 Å². The fourth-order valence-electron chi connectivity index (χ4n) is 3.20. The Hall–Kier alpha value is -1.85. The third-order valence-electron chi connectivity index (χ3n) is 4.60. The Kier molecular flexibility index (Phi) is 5.21. The highest BCUT2D eigenvalue weighted by Crippen LogP contribution is 2.32. The van der Waals surface area contributed by atoms with Gasteiger partial charge in [-0.15, -0.1) is 0 Å². The molecule has 24 heavy (non-hydrogen) atoms. The molecule has 0 aromatic heterocycles. The number of likely N-dealkylation sites (tertiary alicyclic amines) is 1. The Labute approximate surface area is 149 Å². The molecule has 2 aromatic carbocycles. The van der Waals surface area contributed by atoms with Crippen LogP contribution in [-0.4, -0.2) is 34.1 Å². The highest BCUT2D eigenvalue weighted by molar-refractivity contribution is 9.10. The van der Waals surface area contributed by atoms with Gasteiger partial charge in [0.1, 0.15) is 5.75 Å². The van der Waals surface area contributed by atoms with E-state index in [0.29, 0.717) is 18.7 Å². The Balaban J connectivity index is 1.63. The standard InChI is InChI=1S/C19H20BrNO3/c20-15-6-7-16(17(22)12-15)19(24)21-10-8-14(9-11-21)18(23)13-4-2-1-3-5-13/h1-7,12,14,18,22-23H,8-11H2. The van der Waals surface area contributed by atoms with Crippen molar-refractivity contribution in [2.45, 2.75) is 18.9 Å². The predicted molar refractivity (Wildman–Crippen MR) is 95.8 cm³/mol. The van der Waals surface area contributed by atoms with Crippen molar-refractivity contribution in [2.75, 3.05) is 13.1 Å². The average molecular weight is 390 g/mol. The first-order chi connectivity index (χ1) is 11.6. The van der Waals surface area contributed by atoms with Gasteiger partial charge in [-0.05, 0) is 42.5 Å². The van der Waals surface area contributed by atoms with Gasteiger partial charge in [-0.3, -0.25) is 4.79 Å². The molecule has 1 atom stereocenters. The summed E-state index contributed by atoms with van der Waals surface area (Å²) < 4.78 is 0.737. The molecule has 1 aliphatic rings. The van der Waals surface area contributed by atoms with Crippen LogP contribution in [0.3, 0.4) is 0 Å². The molecule has 0 bridgehead atoms. The zero-order valence-electron chi connectivity index (χ0n) is 13.2. The van der Waals surface area contributed by atoms with Crippen LogP contribution in [0.15, 0.2) is 53.0 Å². The van der Waals surface area contributed by atoms with E-state index in [-0.39, 0.29) is 17.6 Å². The molecule has 0 aliphatic carbocycles. The number of rotatable bonds is 3. The van der Waals surface area contributed by atoms with Crippen molar-refractivity contribution in [3.05, 3.63) is 64.1 Å². The highest BCUT2D eigenvalue weighted by atomic mass is 79.9. The molecule has 3 rings (SSSR count). The van der Waals surface area contributed by atoms with Crippen LogP contribution in [0.1, 0.15) is 34.9 Å². The zero-order chi connectivity index (χ0) is 17.1. The maximum atomic E-state index is 12.6. The number of phenolic OH excluding ortho intramolecular Hbond substituents is 1. The van der Waals surface area contributed by atoms with E-state index in [1.165, 1.54) is 6.07 Å². The average Bonchev–Trinajstić information content (AvgIpc) is 2.61. The quantitative estimate of drug-likeness (QED) is 0.840. The van der Waals surface area contributed by atoms with Gasteiger partial charge >= 0.3 is 0 Å². The van der Waals surface area contributed by atoms with Crippen molar-refractivity contribution in [2.24, 2.45) is 5.92 Å². The van der Waals surface area contributed by atoms with Gasteiger partial charge in [0, 0.05) is 17.6 Å². The van der Waals surface area contributed by atoms with Crippen molar-refractivity contribution >= 4 is 21.8 Å². The SMILES string of the molecule is O=C(c1ccc(Br)cc1O)N1CCC(C(O)c2ccccc2)CC1. The van der Waals surface area contributed by atoms with Gasteiger partial charge in [-0.25, -0.2) is 0 Å². The summed E-state index contributed by atoms with van der Waals surface area (Å²) in [5.74, 6) is -0.0246. The van der Waals surface area contributed by atoms with Gasteiger partial charge in [0.2, 0.25) is 0 Å². The number of aliphatic hydroxyl groups is 1. The number of amides is 1. The minimum Gasteiger partial charge on any atom is -0.507 e. The predicted octanol–water partition coefficient (Wildman–Crippen LogP) is 3.74. The van der Waals surface area contributed by atoms with Gasteiger partial charge in [0.05, 0.1) is 11.7 Å². The van der Waals surface area contributed by atoms with Gasteiger partial charge in [-0.2, -0.15) is 0 Å². The molecule has 126 valence electrons. The van der Waals surface area contributed by atoms with E-state index in [2.05, 4.69) is 15.9 Å². The molecule has 4 nitrogen and oxygen atoms in total. The first-order valence-corrected chi connectivity index (χ1v) is 8.86. The molecule has 2 aromatic rings. The topological polar surface area (TPSA) is 60.8 Å². The fourth-order valence-corrected chi connectivity index (χ4v) is 3.55. The fraction of sp³-hybridized carbons (Fsp3) is 0.316. The van der Waals surface area contributed by atoms with Crippen molar-refractivity contribution < 1.29 is 15.0 Å². The molecule has 1 heterocycles. The summed E-state index contributed by atoms with van der Waals surface area (Å²) in [6.07, 6.45) is 1.00. The van der Waals surface area contributed by atoms with Crippen LogP contribution in [0.5, 0.6) is 5.75 Å². The molecule has 5 heteroatoms. The summed E-state index contributed by atoms with van der Waals surface area (Å²) in [6, 6.07) is 14.6. The normalized spacial score (nSPS) is 16.8. The number of halogens is 1. The Morgan fingerprint density at radius 1 is 1.12 bits per heavy atom. The number of piperidine rings is 1. The summed E-state index contributed by atoms with van der Waals surface area (Å²) in [6.45, 7) is 1.17. The van der Waals surface area contributed by atoms with Crippen LogP contribution < -0.4 is 0 Å². The van der Waals surface area contributed by atoms with Crippen molar-refractivity contribution in [1.82, 2.24) is 4.90 Å². The number of aromatic hydroxyl groups is 1. The molecule has 1 aliphatic heterocycles. The lowest BCUT2D eigenvalue weighted by Gasteiger charge is -2.34. The number of benzene rings is 2. The van der Waals surface area contributed by atoms with E-state index in [0.717, 1.165) is 22.9 Å². The zero-order valence-corrected chi connectivity index (χ0v) is 14.8. The minimum absolute atomic E-state index is 0.0131. The monoisotopic (exact) mass is 389 g/mol. The number of hydrogen-bond acceptors (Lipinski definition) is 3. The van der Waals surface area contributed by atoms with E-state index < -0.39 is 6.10 Å². The third kappa shape index (κ3) is 3.62. The number of nitrogens with zero attached hydrogens (tertiary/aromatic N) is 1. The third-order valence-corrected chi connectivity index (χ3v) is 5.10. The molecule has 0 saturated carbocycles. The maximum absolute atomic E-state index is 12.6. The van der Waals surface area contributed by atoms with Crippen LogP contribution in [0.4, 0.5) is 0 Å². The van der Waals surface area contributed by atoms with E-state index >= 15 is 0 Å². The molecule has 0 radical (unpaired) electrons. The lowest BCUT2D eigenvalue weighted by Crippen LogP contribution is -2.39. The summed E-state index contributed by atoms with van der Waals surface area (Å²) in [4.78, 5) is 14.3. The molecule has 1 saturated heterocycles. The molecule has 1 unspecified atom stereocenters. The number of phenols is 1. The van der Waals surface area contributed by atoms with E-state index in [1.54, 1.807) is 17.0 Å². The van der Waals surface area contributed by atoms with Crippen LogP contribution in [0.25, 0.3) is 0 Å². The lowest BCUT2D eigenvalue weighted by atomic mass is 9.87. The first-order valence-electron chi connectivity index (χ1n) is 8.07. The smallest absolute Gasteiger partial charge is 0.257 e. The van der Waals surface area contributed by atoms with E-state index in [1.807, 2.05) is 30.3 Å². The van der Waals surface area contributed by atoms with Crippen LogP contribution in [-0.2, 0) is 0 Å². The number of carbonyl (C=O) groups is 1. The Morgan fingerprint density at radius 3 is 2.42 bits per heavy atom. The second-order valence-electron chi connectivity index (χ2n) is 6.15. The Morgan fingerprint density at radius 2 is 1.79 bits per heavy atom. The summed E-state index contributed by atoms with van der Waals surface area (Å²) in [5.41, 5.74) is 1.24. The van der Waals surface area contributed by atoms with Gasteiger partial charge in [-0.1, -0.05) is 46.3 Å². The first kappa shape index (κ1) is 17.0. The van der Waals surface area contributed by atoms with Gasteiger partial charge < -0.3 is 15.1 Å². The van der Waals surface area contributed by atoms with Crippen molar-refractivity contribution in [3.63, 3.8) is 0 Å². The number of carbonyl (C=O) groups excluding carboxylic acids is 1. The largest absolute Gasteiger partial charge is 0.507 e. The molecule has 0 spiro atoms. The van der Waals surface area contributed by atoms with Gasteiger partial charge in [0.25, 0.3) is 5.91 Å². The molecule has 2 N–H and O–H groups in total. The Bertz CT molecular complexity index is 712. The van der Waals surface area contributed by atoms with E-state index in [9.17, 15) is 15.0 Å². The molecular weight excluding hydrogens is 370 g/mol. The van der Waals surface area contributed by atoms with Crippen LogP contribution >= 0.6 is 15.9 Å².